The largest absolute Gasteiger partial charge is 0.279 e. The Morgan fingerprint density at radius 3 is 2.61 bits per heavy atom. The standard InChI is InChI=1S/C12H10F2N2OS/c1-7-5-10(15-16(7)2)12(17)18-11-4-3-8(13)6-9(11)14/h3-6H,1-2H3. The second kappa shape index (κ2) is 4.89. The summed E-state index contributed by atoms with van der Waals surface area (Å²) in [5.74, 6) is -1.42. The molecule has 0 fully saturated rings. The van der Waals surface area contributed by atoms with E-state index < -0.39 is 11.6 Å². The monoisotopic (exact) mass is 268 g/mol. The van der Waals surface area contributed by atoms with Crippen LogP contribution in [0.25, 0.3) is 0 Å². The molecule has 0 aliphatic heterocycles. The smallest absolute Gasteiger partial charge is 0.244 e. The topological polar surface area (TPSA) is 34.9 Å². The maximum atomic E-state index is 13.4. The van der Waals surface area contributed by atoms with Crippen LogP contribution in [-0.2, 0) is 7.05 Å². The fourth-order valence-corrected chi connectivity index (χ4v) is 2.07. The van der Waals surface area contributed by atoms with Gasteiger partial charge in [0.2, 0.25) is 5.12 Å². The summed E-state index contributed by atoms with van der Waals surface area (Å²) in [5, 5.41) is 3.63. The van der Waals surface area contributed by atoms with E-state index in [-0.39, 0.29) is 15.7 Å². The Kier molecular flexibility index (Phi) is 3.47. The van der Waals surface area contributed by atoms with E-state index >= 15 is 0 Å². The minimum absolute atomic E-state index is 0.0877. The van der Waals surface area contributed by atoms with E-state index in [1.165, 1.54) is 6.07 Å². The number of hydrogen-bond acceptors (Lipinski definition) is 3. The number of nitrogens with zero attached hydrogens (tertiary/aromatic N) is 2. The molecule has 0 saturated heterocycles. The molecular weight excluding hydrogens is 258 g/mol. The van der Waals surface area contributed by atoms with E-state index in [0.717, 1.165) is 17.8 Å². The van der Waals surface area contributed by atoms with Crippen LogP contribution in [0.3, 0.4) is 0 Å². The molecule has 0 N–H and O–H groups in total. The van der Waals surface area contributed by atoms with E-state index in [4.69, 9.17) is 0 Å². The lowest BCUT2D eigenvalue weighted by molar-refractivity contribution is 0.108. The van der Waals surface area contributed by atoms with Crippen LogP contribution in [0.2, 0.25) is 0 Å². The number of halogens is 2. The summed E-state index contributed by atoms with van der Waals surface area (Å²) in [7, 11) is 1.72. The van der Waals surface area contributed by atoms with Crippen molar-refractivity contribution in [2.75, 3.05) is 0 Å². The predicted octanol–water partition coefficient (Wildman–Crippen LogP) is 2.94. The molecule has 1 aromatic carbocycles. The van der Waals surface area contributed by atoms with Crippen molar-refractivity contribution >= 4 is 16.9 Å². The van der Waals surface area contributed by atoms with Gasteiger partial charge in [0.25, 0.3) is 0 Å². The molecule has 1 aromatic heterocycles. The van der Waals surface area contributed by atoms with Gasteiger partial charge in [-0.1, -0.05) is 0 Å². The maximum absolute atomic E-state index is 13.4. The van der Waals surface area contributed by atoms with E-state index in [1.54, 1.807) is 17.8 Å². The molecule has 94 valence electrons. The Balaban J connectivity index is 2.21. The van der Waals surface area contributed by atoms with Crippen LogP contribution >= 0.6 is 11.8 Å². The van der Waals surface area contributed by atoms with Crippen LogP contribution in [0.4, 0.5) is 8.78 Å². The summed E-state index contributed by atoms with van der Waals surface area (Å²) >= 11 is 0.698. The lowest BCUT2D eigenvalue weighted by atomic mass is 10.3. The third-order valence-electron chi connectivity index (χ3n) is 2.42. The number of hydrogen-bond donors (Lipinski definition) is 0. The average Bonchev–Trinajstić information content (AvgIpc) is 2.63. The van der Waals surface area contributed by atoms with Crippen LogP contribution in [-0.4, -0.2) is 14.9 Å². The number of aryl methyl sites for hydroxylation is 2. The Morgan fingerprint density at radius 2 is 2.06 bits per heavy atom. The molecule has 2 aromatic rings. The average molecular weight is 268 g/mol. The van der Waals surface area contributed by atoms with Crippen LogP contribution in [0.1, 0.15) is 16.2 Å². The lowest BCUT2D eigenvalue weighted by Crippen LogP contribution is -1.98. The predicted molar refractivity (Wildman–Crippen MR) is 64.5 cm³/mol. The first-order chi connectivity index (χ1) is 8.47. The molecule has 0 saturated carbocycles. The zero-order valence-corrected chi connectivity index (χ0v) is 10.6. The first-order valence-electron chi connectivity index (χ1n) is 5.15. The molecule has 0 unspecified atom stereocenters. The van der Waals surface area contributed by atoms with Gasteiger partial charge in [0, 0.05) is 18.8 Å². The fraction of sp³-hybridized carbons (Fsp3) is 0.167. The summed E-state index contributed by atoms with van der Waals surface area (Å²) in [5.41, 5.74) is 1.09. The molecule has 0 aliphatic carbocycles. The van der Waals surface area contributed by atoms with Gasteiger partial charge in [0.15, 0.2) is 0 Å². The Morgan fingerprint density at radius 1 is 1.33 bits per heavy atom. The van der Waals surface area contributed by atoms with Gasteiger partial charge in [-0.15, -0.1) is 0 Å². The Hall–Kier alpha value is -1.69. The minimum atomic E-state index is -0.749. The molecule has 0 bridgehead atoms. The molecule has 0 aliphatic rings. The molecule has 0 radical (unpaired) electrons. The number of carbonyl (C=O) groups excluding carboxylic acids is 1. The number of thioether (sulfide) groups is 1. The first kappa shape index (κ1) is 12.8. The van der Waals surface area contributed by atoms with Crippen molar-refractivity contribution < 1.29 is 13.6 Å². The third-order valence-corrected chi connectivity index (χ3v) is 3.37. The summed E-state index contributed by atoms with van der Waals surface area (Å²) < 4.78 is 27.7. The highest BCUT2D eigenvalue weighted by Crippen LogP contribution is 2.25. The van der Waals surface area contributed by atoms with E-state index in [2.05, 4.69) is 5.10 Å². The highest BCUT2D eigenvalue weighted by atomic mass is 32.2. The second-order valence-electron chi connectivity index (χ2n) is 3.76. The van der Waals surface area contributed by atoms with Gasteiger partial charge in [-0.25, -0.2) is 8.78 Å². The van der Waals surface area contributed by atoms with Gasteiger partial charge >= 0.3 is 0 Å². The molecule has 18 heavy (non-hydrogen) atoms. The van der Waals surface area contributed by atoms with Crippen LogP contribution in [0, 0.1) is 18.6 Å². The zero-order chi connectivity index (χ0) is 13.3. The summed E-state index contributed by atoms with van der Waals surface area (Å²) in [6, 6.07) is 4.72. The lowest BCUT2D eigenvalue weighted by Gasteiger charge is -2.00. The first-order valence-corrected chi connectivity index (χ1v) is 5.97. The quantitative estimate of drug-likeness (QED) is 0.785. The summed E-state index contributed by atoms with van der Waals surface area (Å²) in [6.07, 6.45) is 0. The highest BCUT2D eigenvalue weighted by molar-refractivity contribution is 8.14. The van der Waals surface area contributed by atoms with Crippen molar-refractivity contribution in [2.45, 2.75) is 11.8 Å². The molecule has 0 amide bonds. The van der Waals surface area contributed by atoms with Gasteiger partial charge in [-0.05, 0) is 36.9 Å². The minimum Gasteiger partial charge on any atom is -0.279 e. The molecule has 0 spiro atoms. The zero-order valence-electron chi connectivity index (χ0n) is 9.78. The van der Waals surface area contributed by atoms with Gasteiger partial charge in [0.1, 0.15) is 17.3 Å². The van der Waals surface area contributed by atoms with Gasteiger partial charge < -0.3 is 0 Å². The van der Waals surface area contributed by atoms with E-state index in [0.29, 0.717) is 11.8 Å². The van der Waals surface area contributed by atoms with Gasteiger partial charge in [0.05, 0.1) is 4.90 Å². The Labute approximate surface area is 107 Å². The number of benzene rings is 1. The second-order valence-corrected chi connectivity index (χ2v) is 4.77. The Bertz CT molecular complexity index is 591. The normalized spacial score (nSPS) is 10.7. The van der Waals surface area contributed by atoms with Crippen molar-refractivity contribution in [3.8, 4) is 0 Å². The van der Waals surface area contributed by atoms with E-state index in [9.17, 15) is 13.6 Å². The molecule has 2 rings (SSSR count). The van der Waals surface area contributed by atoms with Crippen molar-refractivity contribution in [2.24, 2.45) is 7.05 Å². The van der Waals surface area contributed by atoms with Crippen molar-refractivity contribution in [1.29, 1.82) is 0 Å². The summed E-state index contributed by atoms with van der Waals surface area (Å²) in [6.45, 7) is 1.81. The fourth-order valence-electron chi connectivity index (χ4n) is 1.37. The van der Waals surface area contributed by atoms with Crippen LogP contribution < -0.4 is 0 Å². The number of aromatic nitrogens is 2. The van der Waals surface area contributed by atoms with Crippen molar-refractivity contribution in [3.05, 3.63) is 47.3 Å². The van der Waals surface area contributed by atoms with Crippen LogP contribution in [0.15, 0.2) is 29.2 Å². The van der Waals surface area contributed by atoms with Gasteiger partial charge in [-0.2, -0.15) is 5.10 Å². The maximum Gasteiger partial charge on any atom is 0.244 e. The number of rotatable bonds is 2. The molecule has 0 atom stereocenters. The highest BCUT2D eigenvalue weighted by Gasteiger charge is 2.15. The molecule has 6 heteroatoms. The van der Waals surface area contributed by atoms with E-state index in [1.807, 2.05) is 6.92 Å². The molecule has 1 heterocycles. The summed E-state index contributed by atoms with van der Waals surface area (Å²) in [4.78, 5) is 11.9. The SMILES string of the molecule is Cc1cc(C(=O)Sc2ccc(F)cc2F)nn1C. The number of carbonyl (C=O) groups is 1. The van der Waals surface area contributed by atoms with Gasteiger partial charge in [-0.3, -0.25) is 9.48 Å². The van der Waals surface area contributed by atoms with Crippen molar-refractivity contribution in [3.63, 3.8) is 0 Å². The molecular formula is C12H10F2N2OS. The molecule has 3 nitrogen and oxygen atoms in total. The van der Waals surface area contributed by atoms with Crippen LogP contribution in [0.5, 0.6) is 0 Å². The van der Waals surface area contributed by atoms with Crippen molar-refractivity contribution in [1.82, 2.24) is 9.78 Å². The third kappa shape index (κ3) is 2.59.